The van der Waals surface area contributed by atoms with Crippen LogP contribution < -0.4 is 16.9 Å². The molecule has 1 aromatic rings. The fourth-order valence-electron chi connectivity index (χ4n) is 3.34. The maximum absolute atomic E-state index is 12.9. The van der Waals surface area contributed by atoms with Crippen LogP contribution in [0.3, 0.4) is 0 Å². The molecule has 1 aromatic heterocycles. The van der Waals surface area contributed by atoms with Crippen molar-refractivity contribution in [1.29, 1.82) is 5.41 Å². The van der Waals surface area contributed by atoms with Gasteiger partial charge in [-0.05, 0) is 30.7 Å². The molecule has 11 heteroatoms. The number of nitrogens with zero attached hydrogens (tertiary/aromatic N) is 2. The molecule has 0 radical (unpaired) electrons. The van der Waals surface area contributed by atoms with Crippen LogP contribution in [0.2, 0.25) is 0 Å². The number of carbonyl (C=O) groups is 3. The molecule has 2 aliphatic rings. The zero-order valence-electron chi connectivity index (χ0n) is 15.8. The molecule has 1 aliphatic heterocycles. The molecular formula is C19H20N6O5. The zero-order valence-corrected chi connectivity index (χ0v) is 15.8. The number of aromatic nitrogens is 1. The van der Waals surface area contributed by atoms with Crippen molar-refractivity contribution >= 4 is 23.4 Å². The number of Topliss-reactive ketones (excluding diaryl/α,β-unsaturated/α-hetero) is 2. The Morgan fingerprint density at radius 3 is 2.80 bits per heavy atom. The molecule has 0 spiro atoms. The van der Waals surface area contributed by atoms with Gasteiger partial charge in [-0.2, -0.15) is 5.17 Å². The number of rotatable bonds is 6. The van der Waals surface area contributed by atoms with Crippen molar-refractivity contribution in [2.45, 2.75) is 19.3 Å². The van der Waals surface area contributed by atoms with Crippen LogP contribution in [-0.4, -0.2) is 43.8 Å². The van der Waals surface area contributed by atoms with Crippen LogP contribution in [-0.2, 0) is 9.59 Å². The van der Waals surface area contributed by atoms with E-state index in [2.05, 4.69) is 10.4 Å². The third-order valence-corrected chi connectivity index (χ3v) is 4.72. The number of allylic oxidation sites excluding steroid dienone is 4. The van der Waals surface area contributed by atoms with Gasteiger partial charge in [-0.15, -0.1) is 0 Å². The van der Waals surface area contributed by atoms with Gasteiger partial charge in [-0.3, -0.25) is 35.4 Å². The van der Waals surface area contributed by atoms with E-state index in [0.29, 0.717) is 10.7 Å². The number of hydrazine groups is 1. The number of carboxylic acid groups (broad SMARTS) is 1. The number of aliphatic carboxylic acids is 1. The second-order valence-electron chi connectivity index (χ2n) is 6.83. The second kappa shape index (κ2) is 8.17. The van der Waals surface area contributed by atoms with Crippen molar-refractivity contribution in [3.63, 3.8) is 0 Å². The van der Waals surface area contributed by atoms with Gasteiger partial charge in [0.05, 0.1) is 5.70 Å². The molecule has 0 amide bonds. The van der Waals surface area contributed by atoms with E-state index in [1.165, 1.54) is 30.5 Å². The summed E-state index contributed by atoms with van der Waals surface area (Å²) in [6.07, 6.45) is 3.77. The lowest BCUT2D eigenvalue weighted by Gasteiger charge is -2.25. The van der Waals surface area contributed by atoms with E-state index in [9.17, 15) is 19.6 Å². The number of ketones is 2. The fourth-order valence-corrected chi connectivity index (χ4v) is 3.34. The van der Waals surface area contributed by atoms with Crippen LogP contribution in [0.5, 0.6) is 0 Å². The summed E-state index contributed by atoms with van der Waals surface area (Å²) >= 11 is 0. The smallest absolute Gasteiger partial charge is 0.303 e. The molecular weight excluding hydrogens is 392 g/mol. The number of carbonyl (C=O) groups excluding carboxylic acids is 2. The summed E-state index contributed by atoms with van der Waals surface area (Å²) in [5, 5.41) is 27.3. The monoisotopic (exact) mass is 412 g/mol. The Hall–Kier alpha value is -3.99. The molecule has 3 rings (SSSR count). The molecule has 30 heavy (non-hydrogen) atoms. The van der Waals surface area contributed by atoms with E-state index in [0.717, 1.165) is 0 Å². The van der Waals surface area contributed by atoms with Gasteiger partial charge in [0, 0.05) is 41.7 Å². The highest BCUT2D eigenvalue weighted by Crippen LogP contribution is 2.33. The summed E-state index contributed by atoms with van der Waals surface area (Å²) in [4.78, 5) is 40.8. The van der Waals surface area contributed by atoms with Crippen LogP contribution in [0.1, 0.15) is 35.3 Å². The molecule has 11 nitrogen and oxygen atoms in total. The maximum Gasteiger partial charge on any atom is 0.303 e. The molecule has 1 unspecified atom stereocenters. The number of amidine groups is 1. The van der Waals surface area contributed by atoms with Gasteiger partial charge < -0.3 is 16.6 Å². The highest BCUT2D eigenvalue weighted by molar-refractivity contribution is 6.14. The number of pyridine rings is 1. The highest BCUT2D eigenvalue weighted by atomic mass is 16.5. The highest BCUT2D eigenvalue weighted by Gasteiger charge is 2.34. The first-order valence-electron chi connectivity index (χ1n) is 8.95. The third kappa shape index (κ3) is 4.20. The Kier molecular flexibility index (Phi) is 5.65. The minimum atomic E-state index is -1.03. The van der Waals surface area contributed by atoms with Crippen LogP contribution in [0, 0.1) is 11.3 Å². The largest absolute Gasteiger partial charge is 0.481 e. The molecule has 0 aromatic carbocycles. The van der Waals surface area contributed by atoms with Crippen molar-refractivity contribution in [1.82, 2.24) is 15.6 Å². The molecule has 1 aliphatic carbocycles. The summed E-state index contributed by atoms with van der Waals surface area (Å²) in [5.41, 5.74) is 14.2. The quantitative estimate of drug-likeness (QED) is 0.213. The van der Waals surface area contributed by atoms with Gasteiger partial charge in [0.1, 0.15) is 17.4 Å². The Balaban J connectivity index is 2.01. The standard InChI is InChI=1S/C19H20N6O5/c20-15-8-9(1-2-16(27)28)17-13(25(30)24-15)6-11(7-14(17)26)18(29)12-5-10(19(21)22)3-4-23-12/h3-6,8-9,24,30H,1-2,7,20H2,(H3,21,22)(H,27,28). The van der Waals surface area contributed by atoms with Crippen LogP contribution in [0.15, 0.2) is 53.1 Å². The summed E-state index contributed by atoms with van der Waals surface area (Å²) < 4.78 is 0. The first-order valence-corrected chi connectivity index (χ1v) is 8.95. The van der Waals surface area contributed by atoms with Crippen molar-refractivity contribution in [3.8, 4) is 0 Å². The average Bonchev–Trinajstić information content (AvgIpc) is 2.81. The lowest BCUT2D eigenvalue weighted by atomic mass is 9.82. The van der Waals surface area contributed by atoms with E-state index in [4.69, 9.17) is 22.0 Å². The number of nitrogens with two attached hydrogens (primary N) is 2. The number of hydrogen-bond donors (Lipinski definition) is 6. The maximum atomic E-state index is 12.9. The van der Waals surface area contributed by atoms with E-state index in [-0.39, 0.29) is 53.5 Å². The van der Waals surface area contributed by atoms with Crippen molar-refractivity contribution in [3.05, 3.63) is 64.4 Å². The van der Waals surface area contributed by atoms with Gasteiger partial charge in [0.15, 0.2) is 5.78 Å². The molecule has 0 saturated heterocycles. The predicted octanol–water partition coefficient (Wildman–Crippen LogP) is 0.192. The summed E-state index contributed by atoms with van der Waals surface area (Å²) in [6, 6.07) is 2.82. The lowest BCUT2D eigenvalue weighted by Crippen LogP contribution is -2.37. The Bertz CT molecular complexity index is 1040. The van der Waals surface area contributed by atoms with Gasteiger partial charge in [-0.25, -0.2) is 0 Å². The average molecular weight is 412 g/mol. The van der Waals surface area contributed by atoms with Crippen molar-refractivity contribution in [2.75, 3.05) is 0 Å². The topological polar surface area (TPSA) is 196 Å². The van der Waals surface area contributed by atoms with E-state index < -0.39 is 23.5 Å². The second-order valence-corrected chi connectivity index (χ2v) is 6.83. The molecule has 0 saturated carbocycles. The Morgan fingerprint density at radius 1 is 1.40 bits per heavy atom. The minimum Gasteiger partial charge on any atom is -0.481 e. The van der Waals surface area contributed by atoms with E-state index in [1.807, 2.05) is 0 Å². The molecule has 0 fully saturated rings. The number of hydrogen-bond acceptors (Lipinski definition) is 9. The zero-order chi connectivity index (χ0) is 22.0. The van der Waals surface area contributed by atoms with Gasteiger partial charge in [0.2, 0.25) is 5.78 Å². The van der Waals surface area contributed by atoms with Gasteiger partial charge in [-0.1, -0.05) is 0 Å². The number of carboxylic acids is 1. The third-order valence-electron chi connectivity index (χ3n) is 4.72. The number of nitrogen functional groups attached to an aromatic ring is 1. The molecule has 1 atom stereocenters. The molecule has 8 N–H and O–H groups in total. The first kappa shape index (κ1) is 20.7. The fraction of sp³-hybridized carbons (Fsp3) is 0.211. The first-order chi connectivity index (χ1) is 14.2. The van der Waals surface area contributed by atoms with Crippen molar-refractivity contribution < 1.29 is 24.7 Å². The minimum absolute atomic E-state index is 0.00284. The number of hydroxylamine groups is 1. The molecule has 0 bridgehead atoms. The Labute approximate surface area is 170 Å². The Morgan fingerprint density at radius 2 is 2.13 bits per heavy atom. The predicted molar refractivity (Wildman–Crippen MR) is 104 cm³/mol. The lowest BCUT2D eigenvalue weighted by molar-refractivity contribution is -0.137. The number of nitrogens with one attached hydrogen (secondary N) is 2. The van der Waals surface area contributed by atoms with E-state index >= 15 is 0 Å². The summed E-state index contributed by atoms with van der Waals surface area (Å²) in [7, 11) is 0. The van der Waals surface area contributed by atoms with E-state index in [1.54, 1.807) is 0 Å². The van der Waals surface area contributed by atoms with Crippen LogP contribution in [0.4, 0.5) is 0 Å². The van der Waals surface area contributed by atoms with Crippen molar-refractivity contribution in [2.24, 2.45) is 17.4 Å². The van der Waals surface area contributed by atoms with Crippen LogP contribution >= 0.6 is 0 Å². The normalized spacial score (nSPS) is 18.6. The van der Waals surface area contributed by atoms with Crippen LogP contribution in [0.25, 0.3) is 0 Å². The molecule has 156 valence electrons. The summed E-state index contributed by atoms with van der Waals surface area (Å²) in [6.45, 7) is 0. The SMILES string of the molecule is N=C(N)c1ccnc(C(=O)C2=CC3=C(C(=O)C2)C(CCC(=O)O)C=C(N)NN3O)c1. The molecule has 2 heterocycles. The van der Waals surface area contributed by atoms with Gasteiger partial charge in [0.25, 0.3) is 0 Å². The summed E-state index contributed by atoms with van der Waals surface area (Å²) in [5.74, 6) is -2.89. The van der Waals surface area contributed by atoms with Gasteiger partial charge >= 0.3 is 5.97 Å².